The fraction of sp³-hybridized carbons (Fsp3) is 0.281. The molecule has 0 bridgehead atoms. The summed E-state index contributed by atoms with van der Waals surface area (Å²) in [6, 6.07) is 14.5. The number of hydrogen-bond donors (Lipinski definition) is 2. The van der Waals surface area contributed by atoms with Crippen LogP contribution in [0.25, 0.3) is 5.69 Å². The molecule has 0 saturated carbocycles. The molecule has 0 radical (unpaired) electrons. The summed E-state index contributed by atoms with van der Waals surface area (Å²) in [5.74, 6) is -3.36. The highest BCUT2D eigenvalue weighted by Gasteiger charge is 2.25. The molecule has 4 aromatic rings. The number of nitrogens with zero attached hydrogens (tertiary/aromatic N) is 3. The highest BCUT2D eigenvalue weighted by Crippen LogP contribution is 2.28. The molecular formula is C32H34Cl3F2N5O5. The van der Waals surface area contributed by atoms with E-state index in [2.05, 4.69) is 15.4 Å². The third kappa shape index (κ3) is 11.0. The first-order valence-corrected chi connectivity index (χ1v) is 14.9. The van der Waals surface area contributed by atoms with E-state index >= 15 is 0 Å². The fourth-order valence-corrected chi connectivity index (χ4v) is 4.95. The molecule has 15 heteroatoms. The second kappa shape index (κ2) is 18.9. The number of hydrogen-bond acceptors (Lipinski definition) is 8. The van der Waals surface area contributed by atoms with Gasteiger partial charge in [-0.05, 0) is 68.3 Å². The van der Waals surface area contributed by atoms with Gasteiger partial charge in [0.25, 0.3) is 5.91 Å². The Morgan fingerprint density at radius 3 is 1.85 bits per heavy atom. The minimum absolute atomic E-state index is 0. The van der Waals surface area contributed by atoms with Gasteiger partial charge in [-0.2, -0.15) is 5.10 Å². The van der Waals surface area contributed by atoms with Crippen molar-refractivity contribution >= 4 is 53.5 Å². The molecule has 1 aromatic heterocycles. The Morgan fingerprint density at radius 2 is 1.40 bits per heavy atom. The number of nitrogens with one attached hydrogen (secondary N) is 1. The zero-order chi connectivity index (χ0) is 33.8. The first-order chi connectivity index (χ1) is 22.0. The number of aromatic nitrogens is 3. The van der Waals surface area contributed by atoms with Crippen molar-refractivity contribution in [2.45, 2.75) is 32.6 Å². The molecule has 0 spiro atoms. The summed E-state index contributed by atoms with van der Waals surface area (Å²) < 4.78 is 38.0. The predicted molar refractivity (Wildman–Crippen MR) is 176 cm³/mol. The number of carbonyl (C=O) groups excluding carboxylic acids is 3. The number of nitrogens with two attached hydrogens (primary N) is 1. The van der Waals surface area contributed by atoms with Crippen molar-refractivity contribution in [2.24, 2.45) is 5.73 Å². The Balaban J connectivity index is 0.000000405. The van der Waals surface area contributed by atoms with Crippen LogP contribution in [-0.4, -0.2) is 58.9 Å². The summed E-state index contributed by atoms with van der Waals surface area (Å²) >= 11 is 12.6. The van der Waals surface area contributed by atoms with E-state index < -0.39 is 35.5 Å². The first-order valence-electron chi connectivity index (χ1n) is 14.2. The minimum Gasteiger partial charge on any atom is -0.465 e. The van der Waals surface area contributed by atoms with Gasteiger partial charge in [0.1, 0.15) is 23.8 Å². The van der Waals surface area contributed by atoms with Crippen LogP contribution in [-0.2, 0) is 19.1 Å². The Hall–Kier alpha value is -4.10. The lowest BCUT2D eigenvalue weighted by Crippen LogP contribution is -2.33. The van der Waals surface area contributed by atoms with Gasteiger partial charge in [0.15, 0.2) is 0 Å². The Kier molecular flexibility index (Phi) is 15.7. The summed E-state index contributed by atoms with van der Waals surface area (Å²) in [7, 11) is 0. The van der Waals surface area contributed by atoms with E-state index in [0.29, 0.717) is 29.2 Å². The van der Waals surface area contributed by atoms with Crippen LogP contribution in [0.1, 0.15) is 53.0 Å². The average molecular weight is 713 g/mol. The molecule has 4 rings (SSSR count). The molecule has 3 N–H and O–H groups in total. The number of ether oxygens (including phenoxy) is 2. The second-order valence-corrected chi connectivity index (χ2v) is 10.5. The third-order valence-electron chi connectivity index (χ3n) is 6.47. The van der Waals surface area contributed by atoms with Crippen molar-refractivity contribution in [2.75, 3.05) is 26.3 Å². The Bertz CT molecular complexity index is 1650. The smallest absolute Gasteiger partial charge is 0.315 e. The van der Waals surface area contributed by atoms with E-state index in [1.807, 2.05) is 0 Å². The van der Waals surface area contributed by atoms with Crippen LogP contribution in [0.3, 0.4) is 0 Å². The number of benzene rings is 3. The molecule has 0 fully saturated rings. The molecule has 0 aliphatic heterocycles. The molecule has 47 heavy (non-hydrogen) atoms. The van der Waals surface area contributed by atoms with Gasteiger partial charge >= 0.3 is 11.9 Å². The maximum absolute atomic E-state index is 13.6. The summed E-state index contributed by atoms with van der Waals surface area (Å²) in [5, 5.41) is 7.02. The van der Waals surface area contributed by atoms with Crippen LogP contribution in [0.5, 0.6) is 0 Å². The van der Waals surface area contributed by atoms with E-state index in [1.165, 1.54) is 53.5 Å². The van der Waals surface area contributed by atoms with E-state index in [-0.39, 0.29) is 53.5 Å². The SMILES string of the molecule is CCOC(=O)C(CN)c1cccc(F)c1.CCOC(=O)C(CNC(=O)c1c(Cl)cc(-n2cnc(C)n2)cc1Cl)c1cccc(F)c1.Cl. The molecule has 0 saturated heterocycles. The number of aryl methyl sites for hydroxylation is 1. The van der Waals surface area contributed by atoms with E-state index in [9.17, 15) is 23.2 Å². The zero-order valence-electron chi connectivity index (χ0n) is 25.7. The molecule has 1 heterocycles. The summed E-state index contributed by atoms with van der Waals surface area (Å²) in [6.45, 7) is 5.55. The normalized spacial score (nSPS) is 11.7. The van der Waals surface area contributed by atoms with E-state index in [1.54, 1.807) is 39.0 Å². The van der Waals surface area contributed by atoms with Crippen molar-refractivity contribution in [3.8, 4) is 5.69 Å². The largest absolute Gasteiger partial charge is 0.465 e. The molecule has 10 nitrogen and oxygen atoms in total. The van der Waals surface area contributed by atoms with Gasteiger partial charge in [0, 0.05) is 13.1 Å². The number of halogens is 5. The van der Waals surface area contributed by atoms with Crippen molar-refractivity contribution in [3.63, 3.8) is 0 Å². The number of esters is 2. The molecule has 3 aromatic carbocycles. The summed E-state index contributed by atoms with van der Waals surface area (Å²) in [6.07, 6.45) is 1.50. The summed E-state index contributed by atoms with van der Waals surface area (Å²) in [4.78, 5) is 40.7. The zero-order valence-corrected chi connectivity index (χ0v) is 28.0. The van der Waals surface area contributed by atoms with Gasteiger partial charge < -0.3 is 20.5 Å². The van der Waals surface area contributed by atoms with Crippen molar-refractivity contribution in [1.29, 1.82) is 0 Å². The lowest BCUT2D eigenvalue weighted by atomic mass is 9.99. The van der Waals surface area contributed by atoms with Crippen LogP contribution in [0.15, 0.2) is 67.0 Å². The fourth-order valence-electron chi connectivity index (χ4n) is 4.30. The van der Waals surface area contributed by atoms with Crippen LogP contribution in [0, 0.1) is 18.6 Å². The molecule has 2 unspecified atom stereocenters. The van der Waals surface area contributed by atoms with Crippen LogP contribution in [0.2, 0.25) is 10.0 Å². The highest BCUT2D eigenvalue weighted by molar-refractivity contribution is 6.40. The van der Waals surface area contributed by atoms with Crippen LogP contribution in [0.4, 0.5) is 8.78 Å². The van der Waals surface area contributed by atoms with Crippen molar-refractivity contribution < 1.29 is 32.6 Å². The van der Waals surface area contributed by atoms with Crippen LogP contribution >= 0.6 is 35.6 Å². The maximum Gasteiger partial charge on any atom is 0.315 e. The first kappa shape index (κ1) is 39.1. The maximum atomic E-state index is 13.6. The summed E-state index contributed by atoms with van der Waals surface area (Å²) in [5.41, 5.74) is 6.98. The van der Waals surface area contributed by atoms with Gasteiger partial charge in [-0.25, -0.2) is 18.4 Å². The Labute approximate surface area is 287 Å². The Morgan fingerprint density at radius 1 is 0.894 bits per heavy atom. The number of amides is 1. The van der Waals surface area contributed by atoms with Crippen molar-refractivity contribution in [1.82, 2.24) is 20.1 Å². The van der Waals surface area contributed by atoms with E-state index in [4.69, 9.17) is 38.4 Å². The van der Waals surface area contributed by atoms with Gasteiger partial charge in [-0.3, -0.25) is 14.4 Å². The quantitative estimate of drug-likeness (QED) is 0.182. The lowest BCUT2D eigenvalue weighted by Gasteiger charge is -2.17. The van der Waals surface area contributed by atoms with Gasteiger partial charge in [-0.1, -0.05) is 47.5 Å². The predicted octanol–water partition coefficient (Wildman–Crippen LogP) is 5.95. The molecule has 2 atom stereocenters. The van der Waals surface area contributed by atoms with Gasteiger partial charge in [-0.15, -0.1) is 12.4 Å². The van der Waals surface area contributed by atoms with Gasteiger partial charge in [0.2, 0.25) is 0 Å². The monoisotopic (exact) mass is 711 g/mol. The molecule has 1 amide bonds. The van der Waals surface area contributed by atoms with Crippen molar-refractivity contribution in [3.05, 3.63) is 111 Å². The number of carbonyl (C=O) groups is 3. The highest BCUT2D eigenvalue weighted by atomic mass is 35.5. The van der Waals surface area contributed by atoms with Crippen LogP contribution < -0.4 is 11.1 Å². The van der Waals surface area contributed by atoms with E-state index in [0.717, 1.165) is 0 Å². The van der Waals surface area contributed by atoms with Gasteiger partial charge in [0.05, 0.1) is 46.3 Å². The molecular weight excluding hydrogens is 679 g/mol. The molecule has 0 aliphatic carbocycles. The average Bonchev–Trinajstić information content (AvgIpc) is 3.44. The molecule has 0 aliphatic rings. The third-order valence-corrected chi connectivity index (χ3v) is 7.07. The standard InChI is InChI=1S/C21H19Cl2FN4O3.C11H14FNO2.ClH/c1-3-31-21(30)16(13-5-4-6-14(24)7-13)10-25-20(29)19-17(22)8-15(9-18(19)23)28-11-26-12(2)27-28;1-2-15-11(14)10(7-13)8-4-3-5-9(12)6-8;/h4-9,11,16H,3,10H2,1-2H3,(H,25,29);3-6,10H,2,7,13H2,1H3;1H. The number of rotatable bonds is 11. The minimum atomic E-state index is -0.894. The topological polar surface area (TPSA) is 138 Å². The second-order valence-electron chi connectivity index (χ2n) is 9.69. The lowest BCUT2D eigenvalue weighted by molar-refractivity contribution is -0.145. The molecule has 252 valence electrons.